The molecule has 1 unspecified atom stereocenters. The second-order valence-corrected chi connectivity index (χ2v) is 5.57. The summed E-state index contributed by atoms with van der Waals surface area (Å²) in [6.45, 7) is 5.28. The van der Waals surface area contributed by atoms with Gasteiger partial charge in [0.05, 0.1) is 17.7 Å². The Balaban J connectivity index is 1.67. The number of aromatic nitrogens is 4. The Morgan fingerprint density at radius 3 is 2.79 bits per heavy atom. The van der Waals surface area contributed by atoms with Crippen LogP contribution in [-0.4, -0.2) is 37.1 Å². The average Bonchev–Trinajstić information content (AvgIpc) is 3.03. The molecule has 1 aliphatic heterocycles. The molecule has 102 valence electrons. The topological polar surface area (TPSA) is 38.9 Å². The number of hydrogen-bond donors (Lipinski definition) is 0. The first-order valence-electron chi connectivity index (χ1n) is 6.81. The van der Waals surface area contributed by atoms with Crippen LogP contribution < -0.4 is 0 Å². The first-order valence-corrected chi connectivity index (χ1v) is 6.81. The smallest absolute Gasteiger partial charge is 0.113 e. The molecular formula is C14H21N5. The van der Waals surface area contributed by atoms with Crippen molar-refractivity contribution in [3.05, 3.63) is 35.9 Å². The Morgan fingerprint density at radius 1 is 1.32 bits per heavy atom. The van der Waals surface area contributed by atoms with Crippen LogP contribution in [0.5, 0.6) is 0 Å². The Hall–Kier alpha value is -1.62. The van der Waals surface area contributed by atoms with Gasteiger partial charge in [0.1, 0.15) is 5.82 Å². The third-order valence-corrected chi connectivity index (χ3v) is 3.97. The van der Waals surface area contributed by atoms with Gasteiger partial charge in [-0.1, -0.05) is 0 Å². The third-order valence-electron chi connectivity index (χ3n) is 3.97. The average molecular weight is 259 g/mol. The molecule has 1 aliphatic rings. The Labute approximate surface area is 113 Å². The van der Waals surface area contributed by atoms with Gasteiger partial charge in [0.2, 0.25) is 0 Å². The first kappa shape index (κ1) is 12.4. The summed E-state index contributed by atoms with van der Waals surface area (Å²) in [5.41, 5.74) is 2.39. The van der Waals surface area contributed by atoms with Crippen molar-refractivity contribution in [1.82, 2.24) is 24.0 Å². The van der Waals surface area contributed by atoms with E-state index in [1.54, 1.807) is 0 Å². The molecule has 3 rings (SSSR count). The van der Waals surface area contributed by atoms with Crippen molar-refractivity contribution in [3.63, 3.8) is 0 Å². The summed E-state index contributed by atoms with van der Waals surface area (Å²) < 4.78 is 4.27. The summed E-state index contributed by atoms with van der Waals surface area (Å²) in [5, 5.41) is 0. The fourth-order valence-corrected chi connectivity index (χ4v) is 2.97. The van der Waals surface area contributed by atoms with Crippen LogP contribution in [0.1, 0.15) is 29.6 Å². The van der Waals surface area contributed by atoms with E-state index >= 15 is 0 Å². The molecule has 5 heteroatoms. The van der Waals surface area contributed by atoms with Crippen molar-refractivity contribution in [1.29, 1.82) is 0 Å². The molecule has 2 aromatic rings. The molecule has 19 heavy (non-hydrogen) atoms. The van der Waals surface area contributed by atoms with Crippen LogP contribution in [0.2, 0.25) is 0 Å². The maximum absolute atomic E-state index is 4.66. The van der Waals surface area contributed by atoms with E-state index < -0.39 is 0 Å². The van der Waals surface area contributed by atoms with Gasteiger partial charge in [0.25, 0.3) is 0 Å². The SMILES string of the molecule is Cc1cn(C)c(C2CCN(Cc3cncn3C)C2)n1. The monoisotopic (exact) mass is 259 g/mol. The highest BCUT2D eigenvalue weighted by atomic mass is 15.2. The fraction of sp³-hybridized carbons (Fsp3) is 0.571. The van der Waals surface area contributed by atoms with Gasteiger partial charge < -0.3 is 9.13 Å². The number of aryl methyl sites for hydroxylation is 3. The minimum atomic E-state index is 0.562. The molecule has 0 amide bonds. The Kier molecular flexibility index (Phi) is 3.14. The molecule has 0 radical (unpaired) electrons. The molecule has 0 spiro atoms. The van der Waals surface area contributed by atoms with E-state index in [9.17, 15) is 0 Å². The molecule has 0 aliphatic carbocycles. The standard InChI is InChI=1S/C14H21N5/c1-11-7-17(2)14(16-11)12-4-5-19(8-12)9-13-6-15-10-18(13)3/h6-7,10,12H,4-5,8-9H2,1-3H3. The summed E-state index contributed by atoms with van der Waals surface area (Å²) in [5.74, 6) is 1.79. The van der Waals surface area contributed by atoms with Crippen LogP contribution in [0, 0.1) is 6.92 Å². The lowest BCUT2D eigenvalue weighted by atomic mass is 10.1. The second-order valence-electron chi connectivity index (χ2n) is 5.57. The molecule has 0 aromatic carbocycles. The van der Waals surface area contributed by atoms with E-state index in [1.807, 2.05) is 12.5 Å². The van der Waals surface area contributed by atoms with Crippen molar-refractivity contribution in [3.8, 4) is 0 Å². The fourth-order valence-electron chi connectivity index (χ4n) is 2.97. The van der Waals surface area contributed by atoms with E-state index in [2.05, 4.69) is 51.2 Å². The molecule has 5 nitrogen and oxygen atoms in total. The van der Waals surface area contributed by atoms with Gasteiger partial charge in [-0.25, -0.2) is 9.97 Å². The molecule has 1 saturated heterocycles. The summed E-state index contributed by atoms with van der Waals surface area (Å²) in [6, 6.07) is 0. The lowest BCUT2D eigenvalue weighted by Crippen LogP contribution is -2.21. The highest BCUT2D eigenvalue weighted by Crippen LogP contribution is 2.27. The molecule has 3 heterocycles. The van der Waals surface area contributed by atoms with Gasteiger partial charge in [0, 0.05) is 45.5 Å². The molecule has 0 saturated carbocycles. The van der Waals surface area contributed by atoms with Crippen LogP contribution in [0.25, 0.3) is 0 Å². The summed E-state index contributed by atoms with van der Waals surface area (Å²) in [7, 11) is 4.15. The summed E-state index contributed by atoms with van der Waals surface area (Å²) in [4.78, 5) is 11.3. The summed E-state index contributed by atoms with van der Waals surface area (Å²) >= 11 is 0. The van der Waals surface area contributed by atoms with Crippen LogP contribution >= 0.6 is 0 Å². The summed E-state index contributed by atoms with van der Waals surface area (Å²) in [6.07, 6.45) is 7.13. The molecule has 2 aromatic heterocycles. The van der Waals surface area contributed by atoms with E-state index in [0.29, 0.717) is 5.92 Å². The van der Waals surface area contributed by atoms with Crippen LogP contribution in [0.3, 0.4) is 0 Å². The molecular weight excluding hydrogens is 238 g/mol. The minimum absolute atomic E-state index is 0.562. The highest BCUT2D eigenvalue weighted by molar-refractivity contribution is 5.09. The zero-order valence-electron chi connectivity index (χ0n) is 11.9. The van der Waals surface area contributed by atoms with Crippen molar-refractivity contribution in [2.24, 2.45) is 14.1 Å². The molecule has 0 bridgehead atoms. The third kappa shape index (κ3) is 2.42. The van der Waals surface area contributed by atoms with Gasteiger partial charge in [-0.2, -0.15) is 0 Å². The van der Waals surface area contributed by atoms with Crippen molar-refractivity contribution >= 4 is 0 Å². The number of rotatable bonds is 3. The van der Waals surface area contributed by atoms with Gasteiger partial charge in [-0.3, -0.25) is 4.90 Å². The van der Waals surface area contributed by atoms with Crippen molar-refractivity contribution < 1.29 is 0 Å². The van der Waals surface area contributed by atoms with Gasteiger partial charge >= 0.3 is 0 Å². The molecule has 1 atom stereocenters. The quantitative estimate of drug-likeness (QED) is 0.837. The van der Waals surface area contributed by atoms with E-state index in [4.69, 9.17) is 0 Å². The maximum atomic E-state index is 4.66. The molecule has 1 fully saturated rings. The normalized spacial score (nSPS) is 20.3. The second kappa shape index (κ2) is 4.81. The van der Waals surface area contributed by atoms with E-state index in [-0.39, 0.29) is 0 Å². The first-order chi connectivity index (χ1) is 9.13. The van der Waals surface area contributed by atoms with Gasteiger partial charge in [-0.15, -0.1) is 0 Å². The van der Waals surface area contributed by atoms with Crippen molar-refractivity contribution in [2.45, 2.75) is 25.8 Å². The van der Waals surface area contributed by atoms with Crippen LogP contribution in [-0.2, 0) is 20.6 Å². The Morgan fingerprint density at radius 2 is 2.16 bits per heavy atom. The number of imidazole rings is 2. The van der Waals surface area contributed by atoms with Crippen LogP contribution in [0.4, 0.5) is 0 Å². The highest BCUT2D eigenvalue weighted by Gasteiger charge is 2.27. The zero-order chi connectivity index (χ0) is 13.4. The predicted octanol–water partition coefficient (Wildman–Crippen LogP) is 1.45. The van der Waals surface area contributed by atoms with Gasteiger partial charge in [-0.05, 0) is 19.9 Å². The predicted molar refractivity (Wildman–Crippen MR) is 73.8 cm³/mol. The zero-order valence-corrected chi connectivity index (χ0v) is 11.9. The maximum Gasteiger partial charge on any atom is 0.113 e. The number of hydrogen-bond acceptors (Lipinski definition) is 3. The Bertz CT molecular complexity index is 568. The minimum Gasteiger partial charge on any atom is -0.337 e. The van der Waals surface area contributed by atoms with Gasteiger partial charge in [0.15, 0.2) is 0 Å². The van der Waals surface area contributed by atoms with E-state index in [0.717, 1.165) is 25.3 Å². The van der Waals surface area contributed by atoms with E-state index in [1.165, 1.54) is 17.9 Å². The van der Waals surface area contributed by atoms with Crippen molar-refractivity contribution in [2.75, 3.05) is 13.1 Å². The van der Waals surface area contributed by atoms with Crippen LogP contribution in [0.15, 0.2) is 18.7 Å². The largest absolute Gasteiger partial charge is 0.337 e. The number of nitrogens with zero attached hydrogens (tertiary/aromatic N) is 5. The number of likely N-dealkylation sites (tertiary alicyclic amines) is 1. The lowest BCUT2D eigenvalue weighted by Gasteiger charge is -2.16. The lowest BCUT2D eigenvalue weighted by molar-refractivity contribution is 0.317. The molecule has 0 N–H and O–H groups in total.